The second-order valence-electron chi connectivity index (χ2n) is 2.69. The molecule has 1 amide bonds. The van der Waals surface area contributed by atoms with E-state index in [1.807, 2.05) is 0 Å². The maximum absolute atomic E-state index is 13.3. The van der Waals surface area contributed by atoms with Gasteiger partial charge in [0.05, 0.1) is 10.0 Å². The molecule has 1 aromatic rings. The zero-order chi connectivity index (χ0) is 10.0. The number of carbonyl (C=O) groups is 1. The Morgan fingerprint density at radius 1 is 1.54 bits per heavy atom. The van der Waals surface area contributed by atoms with Gasteiger partial charge < -0.3 is 5.32 Å². The number of nitrogens with one attached hydrogen (secondary N) is 1. The summed E-state index contributed by atoms with van der Waals surface area (Å²) < 4.78 is 13.6. The van der Waals surface area contributed by atoms with Crippen LogP contribution in [0.25, 0.3) is 0 Å². The van der Waals surface area contributed by atoms with E-state index in [1.165, 1.54) is 13.1 Å². The third-order valence-corrected chi connectivity index (χ3v) is 2.22. The highest BCUT2D eigenvalue weighted by molar-refractivity contribution is 9.10. The van der Waals surface area contributed by atoms with Gasteiger partial charge >= 0.3 is 0 Å². The zero-order valence-corrected chi connectivity index (χ0v) is 8.90. The molecule has 0 saturated carbocycles. The first kappa shape index (κ1) is 10.2. The van der Waals surface area contributed by atoms with Crippen LogP contribution in [0, 0.1) is 12.7 Å². The average Bonchev–Trinajstić information content (AvgIpc) is 2.10. The predicted octanol–water partition coefficient (Wildman–Crippen LogP) is 2.26. The van der Waals surface area contributed by atoms with Gasteiger partial charge in [-0.05, 0) is 40.5 Å². The summed E-state index contributed by atoms with van der Waals surface area (Å²) in [5.74, 6) is -0.938. The van der Waals surface area contributed by atoms with E-state index in [4.69, 9.17) is 0 Å². The zero-order valence-electron chi connectivity index (χ0n) is 7.32. The first-order valence-corrected chi connectivity index (χ1v) is 4.53. The van der Waals surface area contributed by atoms with Crippen LogP contribution in [0.4, 0.5) is 4.39 Å². The maximum atomic E-state index is 13.3. The molecule has 13 heavy (non-hydrogen) atoms. The fraction of sp³-hybridized carbons (Fsp3) is 0.222. The third-order valence-electron chi connectivity index (χ3n) is 1.64. The molecule has 0 atom stereocenters. The van der Waals surface area contributed by atoms with Crippen LogP contribution in [0.3, 0.4) is 0 Å². The third kappa shape index (κ3) is 2.06. The van der Waals surface area contributed by atoms with Crippen molar-refractivity contribution >= 4 is 21.8 Å². The number of hydrogen-bond donors (Lipinski definition) is 1. The molecule has 0 saturated heterocycles. The highest BCUT2D eigenvalue weighted by atomic mass is 79.9. The van der Waals surface area contributed by atoms with Gasteiger partial charge in [-0.15, -0.1) is 0 Å². The summed E-state index contributed by atoms with van der Waals surface area (Å²) >= 11 is 3.04. The number of amides is 1. The summed E-state index contributed by atoms with van der Waals surface area (Å²) in [6.07, 6.45) is 0. The first-order chi connectivity index (χ1) is 6.06. The molecule has 0 heterocycles. The van der Waals surface area contributed by atoms with Crippen molar-refractivity contribution in [2.45, 2.75) is 6.92 Å². The summed E-state index contributed by atoms with van der Waals surface area (Å²) in [5, 5.41) is 2.38. The minimum absolute atomic E-state index is 0.0642. The largest absolute Gasteiger partial charge is 0.355 e. The molecule has 0 aliphatic heterocycles. The van der Waals surface area contributed by atoms with Gasteiger partial charge in [-0.3, -0.25) is 4.79 Å². The molecule has 0 bridgehead atoms. The van der Waals surface area contributed by atoms with E-state index >= 15 is 0 Å². The maximum Gasteiger partial charge on any atom is 0.254 e. The molecule has 0 aliphatic rings. The number of hydrogen-bond acceptors (Lipinski definition) is 1. The Bertz CT molecular complexity index is 352. The minimum Gasteiger partial charge on any atom is -0.355 e. The molecule has 1 rings (SSSR count). The van der Waals surface area contributed by atoms with E-state index in [9.17, 15) is 9.18 Å². The molecule has 0 radical (unpaired) electrons. The van der Waals surface area contributed by atoms with Gasteiger partial charge in [0, 0.05) is 7.05 Å². The van der Waals surface area contributed by atoms with Gasteiger partial charge in [-0.2, -0.15) is 0 Å². The lowest BCUT2D eigenvalue weighted by Gasteiger charge is -2.04. The number of halogens is 2. The summed E-state index contributed by atoms with van der Waals surface area (Å²) in [5.41, 5.74) is 0.904. The summed E-state index contributed by atoms with van der Waals surface area (Å²) in [6.45, 7) is 1.80. The van der Waals surface area contributed by atoms with E-state index in [0.29, 0.717) is 4.47 Å². The van der Waals surface area contributed by atoms with Crippen LogP contribution in [0.5, 0.6) is 0 Å². The van der Waals surface area contributed by atoms with E-state index < -0.39 is 11.7 Å². The molecule has 0 fully saturated rings. The van der Waals surface area contributed by atoms with E-state index in [-0.39, 0.29) is 5.56 Å². The normalized spacial score (nSPS) is 9.85. The lowest BCUT2D eigenvalue weighted by molar-refractivity contribution is 0.0959. The first-order valence-electron chi connectivity index (χ1n) is 3.74. The molecule has 4 heteroatoms. The van der Waals surface area contributed by atoms with Crippen molar-refractivity contribution in [3.05, 3.63) is 33.5 Å². The van der Waals surface area contributed by atoms with Crippen molar-refractivity contribution in [2.75, 3.05) is 7.05 Å². The molecule has 2 nitrogen and oxygen atoms in total. The second-order valence-corrected chi connectivity index (χ2v) is 3.54. The molecule has 0 spiro atoms. The molecule has 0 aliphatic carbocycles. The molecule has 1 aromatic carbocycles. The van der Waals surface area contributed by atoms with Gasteiger partial charge in [-0.1, -0.05) is 0 Å². The van der Waals surface area contributed by atoms with Gasteiger partial charge in [0.15, 0.2) is 0 Å². The van der Waals surface area contributed by atoms with Crippen LogP contribution >= 0.6 is 15.9 Å². The molecule has 1 N–H and O–H groups in total. The van der Waals surface area contributed by atoms with Crippen molar-refractivity contribution in [1.29, 1.82) is 0 Å². The van der Waals surface area contributed by atoms with E-state index in [0.717, 1.165) is 5.56 Å². The van der Waals surface area contributed by atoms with Crippen molar-refractivity contribution in [3.63, 3.8) is 0 Å². The fourth-order valence-corrected chi connectivity index (χ4v) is 1.60. The Balaban J connectivity index is 3.28. The van der Waals surface area contributed by atoms with Crippen LogP contribution in [-0.2, 0) is 0 Å². The Kier molecular flexibility index (Phi) is 3.03. The van der Waals surface area contributed by atoms with Gasteiger partial charge in [0.1, 0.15) is 5.82 Å². The van der Waals surface area contributed by atoms with Crippen molar-refractivity contribution in [2.24, 2.45) is 0 Å². The number of benzene rings is 1. The van der Waals surface area contributed by atoms with E-state index in [1.54, 1.807) is 13.0 Å². The Morgan fingerprint density at radius 3 is 2.69 bits per heavy atom. The molecular weight excluding hydrogens is 237 g/mol. The Hall–Kier alpha value is -0.900. The quantitative estimate of drug-likeness (QED) is 0.809. The number of rotatable bonds is 1. The van der Waals surface area contributed by atoms with Crippen LogP contribution in [0.2, 0.25) is 0 Å². The van der Waals surface area contributed by atoms with Gasteiger partial charge in [0.25, 0.3) is 5.91 Å². The van der Waals surface area contributed by atoms with Gasteiger partial charge in [0.2, 0.25) is 0 Å². The summed E-state index contributed by atoms with van der Waals surface area (Å²) in [6, 6.07) is 3.14. The summed E-state index contributed by atoms with van der Waals surface area (Å²) in [4.78, 5) is 11.2. The minimum atomic E-state index is -0.523. The van der Waals surface area contributed by atoms with Crippen molar-refractivity contribution in [1.82, 2.24) is 5.32 Å². The molecular formula is C9H9BrFNO. The smallest absolute Gasteiger partial charge is 0.254 e. The van der Waals surface area contributed by atoms with Crippen LogP contribution in [0.1, 0.15) is 15.9 Å². The Labute approximate surface area is 84.3 Å². The molecule has 0 unspecified atom stereocenters. The molecule has 70 valence electrons. The SMILES string of the molecule is CNC(=O)c1cc(C)cc(Br)c1F. The summed E-state index contributed by atoms with van der Waals surface area (Å²) in [7, 11) is 1.47. The fourth-order valence-electron chi connectivity index (χ4n) is 1.02. The van der Waals surface area contributed by atoms with Crippen LogP contribution < -0.4 is 5.32 Å². The van der Waals surface area contributed by atoms with Crippen molar-refractivity contribution < 1.29 is 9.18 Å². The average molecular weight is 246 g/mol. The standard InChI is InChI=1S/C9H9BrFNO/c1-5-3-6(9(13)12-2)8(11)7(10)4-5/h3-4H,1-2H3,(H,12,13). The second kappa shape index (κ2) is 3.87. The number of aryl methyl sites for hydroxylation is 1. The molecule has 0 aromatic heterocycles. The number of carbonyl (C=O) groups excluding carboxylic acids is 1. The topological polar surface area (TPSA) is 29.1 Å². The van der Waals surface area contributed by atoms with Gasteiger partial charge in [-0.25, -0.2) is 4.39 Å². The highest BCUT2D eigenvalue weighted by Crippen LogP contribution is 2.20. The van der Waals surface area contributed by atoms with E-state index in [2.05, 4.69) is 21.2 Å². The van der Waals surface area contributed by atoms with Crippen LogP contribution in [0.15, 0.2) is 16.6 Å². The monoisotopic (exact) mass is 245 g/mol. The van der Waals surface area contributed by atoms with Crippen molar-refractivity contribution in [3.8, 4) is 0 Å². The lowest BCUT2D eigenvalue weighted by Crippen LogP contribution is -2.19. The Morgan fingerprint density at radius 2 is 2.15 bits per heavy atom. The van der Waals surface area contributed by atoms with Crippen LogP contribution in [-0.4, -0.2) is 13.0 Å². The predicted molar refractivity (Wildman–Crippen MR) is 52.2 cm³/mol. The lowest BCUT2D eigenvalue weighted by atomic mass is 10.1. The highest BCUT2D eigenvalue weighted by Gasteiger charge is 2.13.